The van der Waals surface area contributed by atoms with Gasteiger partial charge in [-0.3, -0.25) is 0 Å². The van der Waals surface area contributed by atoms with Gasteiger partial charge in [0.15, 0.2) is 0 Å². The largest absolute Gasteiger partial charge is 0.497 e. The quantitative estimate of drug-likeness (QED) is 0.366. The van der Waals surface area contributed by atoms with Crippen molar-refractivity contribution in [3.8, 4) is 5.75 Å². The maximum absolute atomic E-state index is 13.0. The molecule has 3 aromatic carbocycles. The van der Waals surface area contributed by atoms with Gasteiger partial charge in [0.25, 0.3) is 0 Å². The van der Waals surface area contributed by atoms with E-state index in [1.165, 1.54) is 5.56 Å². The summed E-state index contributed by atoms with van der Waals surface area (Å²) in [6.45, 7) is 4.42. The number of ether oxygens (including phenoxy) is 1. The fraction of sp³-hybridized carbons (Fsp3) is 0.467. The third kappa shape index (κ3) is 6.05. The van der Waals surface area contributed by atoms with Crippen molar-refractivity contribution in [2.24, 2.45) is 5.92 Å². The number of fused-ring (bicyclic) bond motifs is 2. The number of nitrogens with zero attached hydrogens (tertiary/aromatic N) is 1. The molecule has 1 heterocycles. The van der Waals surface area contributed by atoms with Crippen LogP contribution in [0.4, 0.5) is 0 Å². The van der Waals surface area contributed by atoms with Crippen LogP contribution in [-0.4, -0.2) is 64.8 Å². The van der Waals surface area contributed by atoms with Crippen LogP contribution in [0.15, 0.2) is 65.6 Å². The molecule has 1 fully saturated rings. The third-order valence-electron chi connectivity index (χ3n) is 8.17. The van der Waals surface area contributed by atoms with Gasteiger partial charge in [-0.1, -0.05) is 42.5 Å². The number of rotatable bonds is 10. The first-order valence-electron chi connectivity index (χ1n) is 13.7. The van der Waals surface area contributed by atoms with E-state index < -0.39 is 15.6 Å². The van der Waals surface area contributed by atoms with Crippen LogP contribution in [0.3, 0.4) is 0 Å². The topological polar surface area (TPSA) is 90.9 Å². The number of piperidine rings is 1. The smallest absolute Gasteiger partial charge is 0.241 e. The summed E-state index contributed by atoms with van der Waals surface area (Å²) in [5.41, 5.74) is 1.35. The van der Waals surface area contributed by atoms with Gasteiger partial charge in [-0.15, -0.1) is 0 Å². The maximum Gasteiger partial charge on any atom is 0.241 e. The Morgan fingerprint density at radius 1 is 1.08 bits per heavy atom. The van der Waals surface area contributed by atoms with E-state index >= 15 is 0 Å². The van der Waals surface area contributed by atoms with Crippen molar-refractivity contribution >= 4 is 20.8 Å². The molecule has 3 N–H and O–H groups in total. The van der Waals surface area contributed by atoms with Crippen molar-refractivity contribution in [2.45, 2.75) is 42.6 Å². The van der Waals surface area contributed by atoms with Crippen LogP contribution in [0.2, 0.25) is 0 Å². The van der Waals surface area contributed by atoms with Gasteiger partial charge in [0.1, 0.15) is 11.4 Å². The Balaban J connectivity index is 1.06. The summed E-state index contributed by atoms with van der Waals surface area (Å²) in [4.78, 5) is 2.67. The molecule has 1 saturated heterocycles. The first kappa shape index (κ1) is 27.1. The molecule has 0 saturated carbocycles. The van der Waals surface area contributed by atoms with Crippen LogP contribution in [0.1, 0.15) is 36.8 Å². The Labute approximate surface area is 226 Å². The number of methoxy groups -OCH3 is 1. The molecule has 0 radical (unpaired) electrons. The van der Waals surface area contributed by atoms with Gasteiger partial charge in [0, 0.05) is 25.0 Å². The molecule has 204 valence electrons. The fourth-order valence-electron chi connectivity index (χ4n) is 5.97. The van der Waals surface area contributed by atoms with E-state index in [4.69, 9.17) is 4.74 Å². The average molecular weight is 538 g/mol. The van der Waals surface area contributed by atoms with E-state index in [1.807, 2.05) is 42.5 Å². The van der Waals surface area contributed by atoms with Gasteiger partial charge in [-0.2, -0.15) is 0 Å². The van der Waals surface area contributed by atoms with Crippen LogP contribution in [0, 0.1) is 5.92 Å². The van der Waals surface area contributed by atoms with Crippen molar-refractivity contribution in [3.05, 3.63) is 71.8 Å². The van der Waals surface area contributed by atoms with Crippen molar-refractivity contribution in [1.29, 1.82) is 0 Å². The molecule has 1 aliphatic carbocycles. The molecule has 3 aromatic rings. The highest BCUT2D eigenvalue weighted by Gasteiger charge is 2.34. The van der Waals surface area contributed by atoms with Gasteiger partial charge in [0.05, 0.1) is 12.0 Å². The minimum absolute atomic E-state index is 0.334. The number of aryl methyl sites for hydroxylation is 1. The number of hydrogen-bond donors (Lipinski definition) is 3. The number of aliphatic hydroxyl groups is 1. The standard InChI is InChI=1S/C30H39N3O4S/c1-37-26-12-11-25-8-5-15-30(34,28(25)20-26)22-31-21-23-13-17-33(18-14-23)19-16-32-38(35,36)29-10-4-7-24-6-2-3-9-27(24)29/h2-4,6-7,9-12,20,23,31-32,34H,5,8,13-19,21-22H2,1H3. The monoisotopic (exact) mass is 537 g/mol. The zero-order chi connectivity index (χ0) is 26.6. The Hall–Kier alpha value is -2.49. The molecule has 0 aromatic heterocycles. The molecular weight excluding hydrogens is 498 g/mol. The zero-order valence-corrected chi connectivity index (χ0v) is 23.0. The van der Waals surface area contributed by atoms with Gasteiger partial charge < -0.3 is 20.1 Å². The van der Waals surface area contributed by atoms with E-state index in [1.54, 1.807) is 19.2 Å². The van der Waals surface area contributed by atoms with Crippen molar-refractivity contribution in [1.82, 2.24) is 14.9 Å². The Bertz CT molecular complexity index is 1350. The fourth-order valence-corrected chi connectivity index (χ4v) is 7.22. The SMILES string of the molecule is COc1ccc2c(c1)C(O)(CNCC1CCN(CCNS(=O)(=O)c3cccc4ccccc34)CC1)CCC2. The van der Waals surface area contributed by atoms with Crippen molar-refractivity contribution in [3.63, 3.8) is 0 Å². The normalized spacial score (nSPS) is 20.9. The molecule has 8 heteroatoms. The van der Waals surface area contributed by atoms with E-state index in [0.29, 0.717) is 30.4 Å². The van der Waals surface area contributed by atoms with E-state index in [0.717, 1.165) is 73.8 Å². The molecule has 5 rings (SSSR count). The highest BCUT2D eigenvalue weighted by atomic mass is 32.2. The zero-order valence-electron chi connectivity index (χ0n) is 22.2. The first-order valence-corrected chi connectivity index (χ1v) is 15.2. The van der Waals surface area contributed by atoms with Crippen molar-refractivity contribution < 1.29 is 18.3 Å². The molecule has 7 nitrogen and oxygen atoms in total. The maximum atomic E-state index is 13.0. The summed E-state index contributed by atoms with van der Waals surface area (Å²) in [5.74, 6) is 1.34. The lowest BCUT2D eigenvalue weighted by Crippen LogP contribution is -2.44. The summed E-state index contributed by atoms with van der Waals surface area (Å²) >= 11 is 0. The Morgan fingerprint density at radius 2 is 1.87 bits per heavy atom. The van der Waals surface area contributed by atoms with Gasteiger partial charge in [-0.25, -0.2) is 13.1 Å². The highest BCUT2D eigenvalue weighted by Crippen LogP contribution is 2.37. The Kier molecular flexibility index (Phi) is 8.35. The molecule has 0 amide bonds. The minimum atomic E-state index is -3.57. The molecule has 1 atom stereocenters. The van der Waals surface area contributed by atoms with Crippen LogP contribution < -0.4 is 14.8 Å². The summed E-state index contributed by atoms with van der Waals surface area (Å²) in [6.07, 6.45) is 4.86. The number of sulfonamides is 1. The summed E-state index contributed by atoms with van der Waals surface area (Å²) in [6, 6.07) is 19.0. The van der Waals surface area contributed by atoms with Crippen LogP contribution in [0.25, 0.3) is 10.8 Å². The molecular formula is C30H39N3O4S. The van der Waals surface area contributed by atoms with E-state index in [-0.39, 0.29) is 0 Å². The molecule has 1 unspecified atom stereocenters. The van der Waals surface area contributed by atoms with Crippen molar-refractivity contribution in [2.75, 3.05) is 46.4 Å². The second-order valence-electron chi connectivity index (χ2n) is 10.7. The molecule has 1 aliphatic heterocycles. The van der Waals surface area contributed by atoms with Crippen LogP contribution in [0.5, 0.6) is 5.75 Å². The lowest BCUT2D eigenvalue weighted by molar-refractivity contribution is 0.0175. The van der Waals surface area contributed by atoms with Gasteiger partial charge in [-0.05, 0) is 92.4 Å². The number of likely N-dealkylation sites (tertiary alicyclic amines) is 1. The number of nitrogens with one attached hydrogen (secondary N) is 2. The lowest BCUT2D eigenvalue weighted by Gasteiger charge is -2.36. The van der Waals surface area contributed by atoms with Crippen LogP contribution >= 0.6 is 0 Å². The van der Waals surface area contributed by atoms with E-state index in [2.05, 4.69) is 21.0 Å². The van der Waals surface area contributed by atoms with Crippen LogP contribution in [-0.2, 0) is 22.0 Å². The predicted octanol–water partition coefficient (Wildman–Crippen LogP) is 3.65. The average Bonchev–Trinajstić information content (AvgIpc) is 2.93. The summed E-state index contributed by atoms with van der Waals surface area (Å²) in [5, 5.41) is 16.7. The lowest BCUT2D eigenvalue weighted by atomic mass is 9.79. The third-order valence-corrected chi connectivity index (χ3v) is 9.69. The second-order valence-corrected chi connectivity index (χ2v) is 12.4. The highest BCUT2D eigenvalue weighted by molar-refractivity contribution is 7.89. The Morgan fingerprint density at radius 3 is 2.68 bits per heavy atom. The van der Waals surface area contributed by atoms with Gasteiger partial charge in [0.2, 0.25) is 10.0 Å². The number of hydrogen-bond acceptors (Lipinski definition) is 6. The van der Waals surface area contributed by atoms with Gasteiger partial charge >= 0.3 is 0 Å². The summed E-state index contributed by atoms with van der Waals surface area (Å²) in [7, 11) is -1.91. The summed E-state index contributed by atoms with van der Waals surface area (Å²) < 4.78 is 34.1. The molecule has 0 spiro atoms. The minimum Gasteiger partial charge on any atom is -0.497 e. The molecule has 2 aliphatic rings. The first-order chi connectivity index (χ1) is 18.4. The predicted molar refractivity (Wildman–Crippen MR) is 151 cm³/mol. The van der Waals surface area contributed by atoms with E-state index in [9.17, 15) is 13.5 Å². The molecule has 38 heavy (non-hydrogen) atoms. The number of benzene rings is 3. The molecule has 0 bridgehead atoms. The second kappa shape index (κ2) is 11.7.